The number of carbonyl (C=O) groups is 1. The Kier molecular flexibility index (Phi) is 6.31. The normalized spacial score (nSPS) is 22.0. The van der Waals surface area contributed by atoms with Crippen molar-refractivity contribution in [3.8, 4) is 0 Å². The van der Waals surface area contributed by atoms with Gasteiger partial charge in [0.2, 0.25) is 0 Å². The quantitative estimate of drug-likeness (QED) is 0.545. The topological polar surface area (TPSA) is 26.3 Å². The molecule has 0 heterocycles. The van der Waals surface area contributed by atoms with Crippen molar-refractivity contribution in [2.24, 2.45) is 5.92 Å². The summed E-state index contributed by atoms with van der Waals surface area (Å²) in [4.78, 5) is 12.4. The van der Waals surface area contributed by atoms with E-state index in [1.165, 1.54) is 12.5 Å². The summed E-state index contributed by atoms with van der Waals surface area (Å²) in [6, 6.07) is 3.63. The van der Waals surface area contributed by atoms with Gasteiger partial charge in [-0.15, -0.1) is 0 Å². The molecular formula is C19H24F2O2. The number of rotatable bonds is 5. The third-order valence-corrected chi connectivity index (χ3v) is 4.23. The molecule has 0 aromatic heterocycles. The standard InChI is InChI=1S/C19H24F2O2/c1-3-5-15(11-14-8-9-17(20)18(21)12-14)19(22)23-16-7-4-6-13(2)10-16/h8-9,11-13,16H,3-7,10H2,1-2H3. The SMILES string of the molecule is CCCC(=Cc1ccc(F)c(F)c1)C(=O)OC1CCCC(C)C1. The highest BCUT2D eigenvalue weighted by Crippen LogP contribution is 2.27. The van der Waals surface area contributed by atoms with Gasteiger partial charge in [0.15, 0.2) is 11.6 Å². The van der Waals surface area contributed by atoms with Crippen LogP contribution in [0.2, 0.25) is 0 Å². The van der Waals surface area contributed by atoms with Crippen molar-refractivity contribution in [3.63, 3.8) is 0 Å². The van der Waals surface area contributed by atoms with E-state index < -0.39 is 11.6 Å². The maximum atomic E-state index is 13.3. The predicted octanol–water partition coefficient (Wildman–Crippen LogP) is 5.27. The van der Waals surface area contributed by atoms with Gasteiger partial charge in [-0.05, 0) is 55.4 Å². The third-order valence-electron chi connectivity index (χ3n) is 4.23. The van der Waals surface area contributed by atoms with Crippen LogP contribution in [0.5, 0.6) is 0 Å². The van der Waals surface area contributed by atoms with E-state index >= 15 is 0 Å². The van der Waals surface area contributed by atoms with Crippen LogP contribution in [0.3, 0.4) is 0 Å². The molecule has 1 aromatic rings. The van der Waals surface area contributed by atoms with Crippen LogP contribution in [0.4, 0.5) is 8.78 Å². The van der Waals surface area contributed by atoms with Crippen LogP contribution in [-0.2, 0) is 9.53 Å². The molecule has 23 heavy (non-hydrogen) atoms. The van der Waals surface area contributed by atoms with Crippen molar-refractivity contribution in [2.45, 2.75) is 58.5 Å². The summed E-state index contributed by atoms with van der Waals surface area (Å²) in [5.41, 5.74) is 0.984. The molecule has 2 nitrogen and oxygen atoms in total. The zero-order valence-electron chi connectivity index (χ0n) is 13.8. The number of ether oxygens (including phenoxy) is 1. The van der Waals surface area contributed by atoms with Gasteiger partial charge in [0.05, 0.1) is 0 Å². The van der Waals surface area contributed by atoms with Crippen LogP contribution < -0.4 is 0 Å². The zero-order chi connectivity index (χ0) is 16.8. The molecule has 1 aliphatic rings. The van der Waals surface area contributed by atoms with Crippen LogP contribution in [-0.4, -0.2) is 12.1 Å². The number of esters is 1. The van der Waals surface area contributed by atoms with Gasteiger partial charge in [-0.3, -0.25) is 0 Å². The molecule has 1 aliphatic carbocycles. The molecule has 0 saturated heterocycles. The Hall–Kier alpha value is -1.71. The second-order valence-electron chi connectivity index (χ2n) is 6.39. The molecule has 0 aliphatic heterocycles. The summed E-state index contributed by atoms with van der Waals surface area (Å²) < 4.78 is 31.9. The first-order chi connectivity index (χ1) is 11.0. The molecule has 1 aromatic carbocycles. The average molecular weight is 322 g/mol. The fraction of sp³-hybridized carbons (Fsp3) is 0.526. The van der Waals surface area contributed by atoms with Gasteiger partial charge >= 0.3 is 5.97 Å². The number of hydrogen-bond acceptors (Lipinski definition) is 2. The molecule has 2 unspecified atom stereocenters. The van der Waals surface area contributed by atoms with Crippen molar-refractivity contribution in [2.75, 3.05) is 0 Å². The van der Waals surface area contributed by atoms with Gasteiger partial charge in [0.25, 0.3) is 0 Å². The lowest BCUT2D eigenvalue weighted by Crippen LogP contribution is -2.25. The summed E-state index contributed by atoms with van der Waals surface area (Å²) in [6.45, 7) is 4.14. The van der Waals surface area contributed by atoms with Crippen molar-refractivity contribution >= 4 is 12.0 Å². The van der Waals surface area contributed by atoms with Crippen molar-refractivity contribution in [1.29, 1.82) is 0 Å². The van der Waals surface area contributed by atoms with Crippen LogP contribution in [0, 0.1) is 17.6 Å². The summed E-state index contributed by atoms with van der Waals surface area (Å²) in [7, 11) is 0. The van der Waals surface area contributed by atoms with Crippen molar-refractivity contribution in [1.82, 2.24) is 0 Å². The van der Waals surface area contributed by atoms with Crippen LogP contribution in [0.1, 0.15) is 57.9 Å². The molecule has 0 amide bonds. The summed E-state index contributed by atoms with van der Waals surface area (Å²) in [5.74, 6) is -1.57. The van der Waals surface area contributed by atoms with E-state index in [-0.39, 0.29) is 12.1 Å². The number of carbonyl (C=O) groups excluding carboxylic acids is 1. The average Bonchev–Trinajstić information content (AvgIpc) is 2.50. The van der Waals surface area contributed by atoms with Gasteiger partial charge in [-0.2, -0.15) is 0 Å². The fourth-order valence-electron chi connectivity index (χ4n) is 3.02. The summed E-state index contributed by atoms with van der Waals surface area (Å²) in [6.07, 6.45) is 6.97. The Morgan fingerprint density at radius 3 is 2.74 bits per heavy atom. The second-order valence-corrected chi connectivity index (χ2v) is 6.39. The van der Waals surface area contributed by atoms with Crippen molar-refractivity contribution < 1.29 is 18.3 Å². The first kappa shape index (κ1) is 17.6. The zero-order valence-corrected chi connectivity index (χ0v) is 13.8. The Balaban J connectivity index is 2.11. The highest BCUT2D eigenvalue weighted by atomic mass is 19.2. The van der Waals surface area contributed by atoms with E-state index in [1.807, 2.05) is 6.92 Å². The molecule has 0 bridgehead atoms. The van der Waals surface area contributed by atoms with Gasteiger partial charge in [-0.25, -0.2) is 13.6 Å². The van der Waals surface area contributed by atoms with Crippen LogP contribution in [0.25, 0.3) is 6.08 Å². The summed E-state index contributed by atoms with van der Waals surface area (Å²) in [5, 5.41) is 0. The van der Waals surface area contributed by atoms with E-state index in [1.54, 1.807) is 6.08 Å². The number of halogens is 2. The van der Waals surface area contributed by atoms with Crippen LogP contribution >= 0.6 is 0 Å². The van der Waals surface area contributed by atoms with Gasteiger partial charge in [0.1, 0.15) is 6.10 Å². The lowest BCUT2D eigenvalue weighted by molar-refractivity contribution is -0.146. The van der Waals surface area contributed by atoms with E-state index in [9.17, 15) is 13.6 Å². The Bertz CT molecular complexity index is 581. The molecule has 126 valence electrons. The maximum Gasteiger partial charge on any atom is 0.334 e. The minimum Gasteiger partial charge on any atom is -0.459 e. The molecule has 4 heteroatoms. The molecule has 0 radical (unpaired) electrons. The molecule has 2 rings (SSSR count). The minimum atomic E-state index is -0.913. The lowest BCUT2D eigenvalue weighted by Gasteiger charge is -2.26. The molecule has 2 atom stereocenters. The maximum absolute atomic E-state index is 13.3. The van der Waals surface area contributed by atoms with E-state index in [2.05, 4.69) is 6.92 Å². The smallest absolute Gasteiger partial charge is 0.334 e. The predicted molar refractivity (Wildman–Crippen MR) is 86.8 cm³/mol. The highest BCUT2D eigenvalue weighted by molar-refractivity contribution is 5.93. The molecule has 0 spiro atoms. The number of hydrogen-bond donors (Lipinski definition) is 0. The monoisotopic (exact) mass is 322 g/mol. The minimum absolute atomic E-state index is 0.0311. The molecule has 1 saturated carbocycles. The van der Waals surface area contributed by atoms with E-state index in [4.69, 9.17) is 4.74 Å². The van der Waals surface area contributed by atoms with Gasteiger partial charge < -0.3 is 4.74 Å². The van der Waals surface area contributed by atoms with Crippen LogP contribution in [0.15, 0.2) is 23.8 Å². The lowest BCUT2D eigenvalue weighted by atomic mass is 9.88. The second kappa shape index (κ2) is 8.23. The number of benzene rings is 1. The first-order valence-electron chi connectivity index (χ1n) is 8.36. The Morgan fingerprint density at radius 1 is 1.30 bits per heavy atom. The molecule has 0 N–H and O–H groups in total. The Morgan fingerprint density at radius 2 is 2.09 bits per heavy atom. The Labute approximate surface area is 136 Å². The summed E-state index contributed by atoms with van der Waals surface area (Å²) >= 11 is 0. The van der Waals surface area contributed by atoms with E-state index in [0.717, 1.165) is 37.8 Å². The largest absolute Gasteiger partial charge is 0.459 e. The third kappa shape index (κ3) is 5.15. The molecule has 1 fully saturated rings. The van der Waals surface area contributed by atoms with Gasteiger partial charge in [-0.1, -0.05) is 32.8 Å². The van der Waals surface area contributed by atoms with Crippen molar-refractivity contribution in [3.05, 3.63) is 41.0 Å². The van der Waals surface area contributed by atoms with Gasteiger partial charge in [0, 0.05) is 5.57 Å². The fourth-order valence-corrected chi connectivity index (χ4v) is 3.02. The molecular weight excluding hydrogens is 298 g/mol. The van der Waals surface area contributed by atoms with E-state index in [0.29, 0.717) is 23.5 Å². The highest BCUT2D eigenvalue weighted by Gasteiger charge is 2.23. The first-order valence-corrected chi connectivity index (χ1v) is 8.36.